The third kappa shape index (κ3) is 3.43. The fourth-order valence-corrected chi connectivity index (χ4v) is 2.25. The molecule has 2 aromatic carbocycles. The van der Waals surface area contributed by atoms with Crippen molar-refractivity contribution in [3.05, 3.63) is 57.0 Å². The van der Waals surface area contributed by atoms with Gasteiger partial charge in [-0.15, -0.1) is 0 Å². The summed E-state index contributed by atoms with van der Waals surface area (Å²) < 4.78 is 0.763. The van der Waals surface area contributed by atoms with Gasteiger partial charge in [0.05, 0.1) is 10.6 Å². The first-order valence-electron chi connectivity index (χ1n) is 5.78. The average molecular weight is 356 g/mol. The largest absolute Gasteiger partial charge is 0.508 e. The lowest BCUT2D eigenvalue weighted by Crippen LogP contribution is -2.23. The first-order valence-corrected chi connectivity index (χ1v) is 6.95. The van der Waals surface area contributed by atoms with Crippen molar-refractivity contribution in [3.63, 3.8) is 0 Å². The molecule has 0 aromatic heterocycles. The zero-order valence-corrected chi connectivity index (χ0v) is 12.7. The van der Waals surface area contributed by atoms with Gasteiger partial charge in [-0.1, -0.05) is 27.5 Å². The molecule has 0 spiro atoms. The summed E-state index contributed by atoms with van der Waals surface area (Å²) in [5.74, 6) is -0.238. The van der Waals surface area contributed by atoms with Gasteiger partial charge in [-0.05, 0) is 36.4 Å². The number of hydrogen-bond acceptors (Lipinski definition) is 3. The first-order chi connectivity index (χ1) is 9.47. The molecule has 6 heteroatoms. The minimum absolute atomic E-state index is 0.0832. The monoisotopic (exact) mass is 354 g/mol. The quantitative estimate of drug-likeness (QED) is 0.584. The molecule has 0 fully saturated rings. The number of amides is 1. The maximum absolute atomic E-state index is 12.1. The predicted molar refractivity (Wildman–Crippen MR) is 82.8 cm³/mol. The summed E-state index contributed by atoms with van der Waals surface area (Å²) in [6.07, 6.45) is 0. The highest BCUT2D eigenvalue weighted by Gasteiger charge is 2.11. The van der Waals surface area contributed by atoms with Gasteiger partial charge in [0.1, 0.15) is 5.75 Å². The summed E-state index contributed by atoms with van der Waals surface area (Å²) in [6.45, 7) is 0.165. The second-order valence-electron chi connectivity index (χ2n) is 4.19. The topological polar surface area (TPSA) is 75.3 Å². The number of nitrogens with one attached hydrogen (secondary N) is 1. The highest BCUT2D eigenvalue weighted by molar-refractivity contribution is 9.10. The van der Waals surface area contributed by atoms with Gasteiger partial charge in [0.15, 0.2) is 0 Å². The fraction of sp³-hybridized carbons (Fsp3) is 0.0714. The Balaban J connectivity index is 2.12. The van der Waals surface area contributed by atoms with E-state index in [1.165, 1.54) is 6.07 Å². The summed E-state index contributed by atoms with van der Waals surface area (Å²) in [5.41, 5.74) is 7.07. The molecule has 4 N–H and O–H groups in total. The third-order valence-corrected chi connectivity index (χ3v) is 3.54. The normalized spacial score (nSPS) is 10.3. The van der Waals surface area contributed by atoms with Crippen LogP contribution in [0, 0.1) is 0 Å². The Morgan fingerprint density at radius 2 is 2.05 bits per heavy atom. The average Bonchev–Trinajstić information content (AvgIpc) is 2.42. The van der Waals surface area contributed by atoms with Crippen LogP contribution in [0.15, 0.2) is 40.9 Å². The number of anilines is 1. The van der Waals surface area contributed by atoms with E-state index in [2.05, 4.69) is 21.2 Å². The maximum atomic E-state index is 12.1. The summed E-state index contributed by atoms with van der Waals surface area (Å²) >= 11 is 9.26. The summed E-state index contributed by atoms with van der Waals surface area (Å²) in [4.78, 5) is 12.1. The van der Waals surface area contributed by atoms with E-state index in [-0.39, 0.29) is 18.2 Å². The van der Waals surface area contributed by atoms with E-state index in [1.807, 2.05) is 0 Å². The van der Waals surface area contributed by atoms with Crippen LogP contribution in [0.5, 0.6) is 5.75 Å². The molecule has 0 unspecified atom stereocenters. The number of rotatable bonds is 3. The van der Waals surface area contributed by atoms with Crippen molar-refractivity contribution in [3.8, 4) is 5.75 Å². The van der Waals surface area contributed by atoms with Crippen molar-refractivity contribution in [1.29, 1.82) is 0 Å². The third-order valence-electron chi connectivity index (χ3n) is 2.72. The second-order valence-corrected chi connectivity index (χ2v) is 5.52. The number of nitrogen functional groups attached to an aromatic ring is 1. The lowest BCUT2D eigenvalue weighted by molar-refractivity contribution is 0.0951. The smallest absolute Gasteiger partial charge is 0.253 e. The van der Waals surface area contributed by atoms with E-state index in [1.54, 1.807) is 30.3 Å². The lowest BCUT2D eigenvalue weighted by Gasteiger charge is -2.09. The van der Waals surface area contributed by atoms with E-state index in [4.69, 9.17) is 17.3 Å². The summed E-state index contributed by atoms with van der Waals surface area (Å²) in [6, 6.07) is 9.71. The number of phenols is 1. The first kappa shape index (κ1) is 14.7. The van der Waals surface area contributed by atoms with Crippen LogP contribution in [0.3, 0.4) is 0 Å². The Bertz CT molecular complexity index is 662. The molecule has 104 valence electrons. The highest BCUT2D eigenvalue weighted by Crippen LogP contribution is 2.22. The standard InChI is InChI=1S/C14H12BrClN2O2/c15-9-1-3-12(16)11(6-9)14(20)18-7-8-5-10(17)2-4-13(8)19/h1-6,19H,7,17H2,(H,18,20). The van der Waals surface area contributed by atoms with Crippen LogP contribution in [-0.2, 0) is 6.54 Å². The molecule has 0 aliphatic rings. The molecule has 0 radical (unpaired) electrons. The molecule has 0 saturated carbocycles. The molecule has 0 atom stereocenters. The van der Waals surface area contributed by atoms with Crippen molar-refractivity contribution in [2.24, 2.45) is 0 Å². The number of hydrogen-bond donors (Lipinski definition) is 3. The van der Waals surface area contributed by atoms with Crippen LogP contribution >= 0.6 is 27.5 Å². The zero-order chi connectivity index (χ0) is 14.7. The highest BCUT2D eigenvalue weighted by atomic mass is 79.9. The van der Waals surface area contributed by atoms with Crippen molar-refractivity contribution < 1.29 is 9.90 Å². The molecule has 20 heavy (non-hydrogen) atoms. The Morgan fingerprint density at radius 3 is 2.80 bits per heavy atom. The minimum Gasteiger partial charge on any atom is -0.508 e. The summed E-state index contributed by atoms with van der Waals surface area (Å²) in [7, 11) is 0. The van der Waals surface area contributed by atoms with E-state index >= 15 is 0 Å². The number of aromatic hydroxyl groups is 1. The van der Waals surface area contributed by atoms with Gasteiger partial charge < -0.3 is 16.2 Å². The van der Waals surface area contributed by atoms with E-state index in [0.717, 1.165) is 4.47 Å². The van der Waals surface area contributed by atoms with Crippen molar-refractivity contribution in [1.82, 2.24) is 5.32 Å². The van der Waals surface area contributed by atoms with Crippen LogP contribution in [0.4, 0.5) is 5.69 Å². The number of halogens is 2. The van der Waals surface area contributed by atoms with Gasteiger partial charge in [-0.25, -0.2) is 0 Å². The Labute approximate surface area is 129 Å². The molecule has 0 saturated heterocycles. The molecule has 1 amide bonds. The Hall–Kier alpha value is -1.72. The minimum atomic E-state index is -0.321. The molecule has 4 nitrogen and oxygen atoms in total. The van der Waals surface area contributed by atoms with Crippen LogP contribution in [0.2, 0.25) is 5.02 Å². The molecular formula is C14H12BrClN2O2. The van der Waals surface area contributed by atoms with Gasteiger partial charge in [0.2, 0.25) is 0 Å². The number of carbonyl (C=O) groups is 1. The molecule has 0 aliphatic heterocycles. The van der Waals surface area contributed by atoms with E-state index < -0.39 is 0 Å². The van der Waals surface area contributed by atoms with Gasteiger partial charge in [0, 0.05) is 22.3 Å². The maximum Gasteiger partial charge on any atom is 0.253 e. The molecule has 2 aromatic rings. The van der Waals surface area contributed by atoms with E-state index in [0.29, 0.717) is 21.8 Å². The number of nitrogens with two attached hydrogens (primary N) is 1. The molecule has 0 aliphatic carbocycles. The number of phenolic OH excluding ortho intramolecular Hbond substituents is 1. The predicted octanol–water partition coefficient (Wildman–Crippen LogP) is 3.32. The van der Waals surface area contributed by atoms with Gasteiger partial charge in [-0.3, -0.25) is 4.79 Å². The molecule has 0 heterocycles. The lowest BCUT2D eigenvalue weighted by atomic mass is 10.1. The van der Waals surface area contributed by atoms with E-state index in [9.17, 15) is 9.90 Å². The van der Waals surface area contributed by atoms with Gasteiger partial charge in [0.25, 0.3) is 5.91 Å². The van der Waals surface area contributed by atoms with Crippen molar-refractivity contribution in [2.45, 2.75) is 6.54 Å². The van der Waals surface area contributed by atoms with Gasteiger partial charge in [-0.2, -0.15) is 0 Å². The molecular weight excluding hydrogens is 344 g/mol. The summed E-state index contributed by atoms with van der Waals surface area (Å²) in [5, 5.41) is 12.7. The van der Waals surface area contributed by atoms with Crippen molar-refractivity contribution >= 4 is 39.1 Å². The van der Waals surface area contributed by atoms with Crippen LogP contribution in [0.25, 0.3) is 0 Å². The van der Waals surface area contributed by atoms with Crippen LogP contribution < -0.4 is 11.1 Å². The molecule has 2 rings (SSSR count). The zero-order valence-electron chi connectivity index (χ0n) is 10.4. The SMILES string of the molecule is Nc1ccc(O)c(CNC(=O)c2cc(Br)ccc2Cl)c1. The second kappa shape index (κ2) is 6.15. The number of carbonyl (C=O) groups excluding carboxylic acids is 1. The Morgan fingerprint density at radius 1 is 1.30 bits per heavy atom. The van der Waals surface area contributed by atoms with Crippen molar-refractivity contribution in [2.75, 3.05) is 5.73 Å². The number of benzene rings is 2. The van der Waals surface area contributed by atoms with Crippen LogP contribution in [0.1, 0.15) is 15.9 Å². The fourth-order valence-electron chi connectivity index (χ4n) is 1.69. The Kier molecular flexibility index (Phi) is 4.52. The van der Waals surface area contributed by atoms with Crippen LogP contribution in [-0.4, -0.2) is 11.0 Å². The van der Waals surface area contributed by atoms with Gasteiger partial charge >= 0.3 is 0 Å². The molecule has 0 bridgehead atoms.